The number of hydrogen-bond donors (Lipinski definition) is 1. The van der Waals surface area contributed by atoms with Gasteiger partial charge in [-0.2, -0.15) is 0 Å². The number of nitrogens with zero attached hydrogens (tertiary/aromatic N) is 1. The lowest BCUT2D eigenvalue weighted by atomic mass is 9.80. The standard InChI is InChI=1S/C25H31NO3/c1-18-5-7-19(8-6-18)24(27)4-3-15-26-21-11-12-22(26)17-25(28,16-21)20-9-13-23(29-2)14-10-20/h5-10,13-14,21-22,28H,3-4,11-12,15-17H2,1-2H3/t21-,22-/m1/s1. The van der Waals surface area contributed by atoms with Gasteiger partial charge in [-0.05, 0) is 63.3 Å². The Balaban J connectivity index is 1.34. The van der Waals surface area contributed by atoms with Gasteiger partial charge in [0.25, 0.3) is 0 Å². The number of Topliss-reactive ketones (excluding diaryl/α,β-unsaturated/α-hetero) is 1. The fourth-order valence-corrected chi connectivity index (χ4v) is 5.12. The third kappa shape index (κ3) is 4.24. The van der Waals surface area contributed by atoms with Gasteiger partial charge in [0.1, 0.15) is 5.75 Å². The van der Waals surface area contributed by atoms with Crippen LogP contribution in [0.2, 0.25) is 0 Å². The van der Waals surface area contributed by atoms with Crippen molar-refractivity contribution in [2.24, 2.45) is 0 Å². The number of fused-ring (bicyclic) bond motifs is 2. The van der Waals surface area contributed by atoms with Crippen molar-refractivity contribution < 1.29 is 14.6 Å². The Kier molecular flexibility index (Phi) is 5.75. The number of benzene rings is 2. The molecule has 2 saturated heterocycles. The molecular formula is C25H31NO3. The highest BCUT2D eigenvalue weighted by Gasteiger charge is 2.47. The summed E-state index contributed by atoms with van der Waals surface area (Å²) in [7, 11) is 1.66. The second-order valence-electron chi connectivity index (χ2n) is 8.68. The summed E-state index contributed by atoms with van der Waals surface area (Å²) in [4.78, 5) is 15.0. The molecule has 2 fully saturated rings. The first-order valence-electron chi connectivity index (χ1n) is 10.7. The Hall–Kier alpha value is -2.17. The highest BCUT2D eigenvalue weighted by molar-refractivity contribution is 5.96. The number of hydrogen-bond acceptors (Lipinski definition) is 4. The second-order valence-corrected chi connectivity index (χ2v) is 8.68. The molecule has 2 atom stereocenters. The van der Waals surface area contributed by atoms with Crippen LogP contribution < -0.4 is 4.74 Å². The lowest BCUT2D eigenvalue weighted by molar-refractivity contribution is -0.0570. The number of piperidine rings is 1. The van der Waals surface area contributed by atoms with Crippen molar-refractivity contribution in [3.63, 3.8) is 0 Å². The summed E-state index contributed by atoms with van der Waals surface area (Å²) >= 11 is 0. The number of methoxy groups -OCH3 is 1. The predicted octanol–water partition coefficient (Wildman–Crippen LogP) is 4.48. The summed E-state index contributed by atoms with van der Waals surface area (Å²) in [5.41, 5.74) is 2.22. The van der Waals surface area contributed by atoms with E-state index in [9.17, 15) is 9.90 Å². The molecular weight excluding hydrogens is 362 g/mol. The normalized spacial score (nSPS) is 26.4. The number of carbonyl (C=O) groups is 1. The summed E-state index contributed by atoms with van der Waals surface area (Å²) in [5.74, 6) is 1.04. The van der Waals surface area contributed by atoms with E-state index in [1.807, 2.05) is 55.5 Å². The van der Waals surface area contributed by atoms with Crippen molar-refractivity contribution in [3.8, 4) is 5.75 Å². The van der Waals surface area contributed by atoms with Crippen LogP contribution in [0.1, 0.15) is 60.0 Å². The van der Waals surface area contributed by atoms with E-state index in [-0.39, 0.29) is 5.78 Å². The Morgan fingerprint density at radius 1 is 1.07 bits per heavy atom. The Labute approximate surface area is 173 Å². The summed E-state index contributed by atoms with van der Waals surface area (Å²) < 4.78 is 5.25. The molecule has 2 bridgehead atoms. The molecule has 0 unspecified atom stereocenters. The van der Waals surface area contributed by atoms with Crippen LogP contribution in [0.3, 0.4) is 0 Å². The van der Waals surface area contributed by atoms with Crippen molar-refractivity contribution in [1.29, 1.82) is 0 Å². The number of ketones is 1. The van der Waals surface area contributed by atoms with Gasteiger partial charge in [-0.15, -0.1) is 0 Å². The summed E-state index contributed by atoms with van der Waals surface area (Å²) in [5, 5.41) is 11.4. The van der Waals surface area contributed by atoms with Crippen molar-refractivity contribution in [2.45, 2.75) is 63.1 Å². The minimum atomic E-state index is -0.758. The van der Waals surface area contributed by atoms with Gasteiger partial charge in [-0.3, -0.25) is 9.69 Å². The first-order valence-corrected chi connectivity index (χ1v) is 10.7. The molecule has 2 aromatic rings. The van der Waals surface area contributed by atoms with E-state index in [0.717, 1.165) is 55.5 Å². The molecule has 2 aliphatic rings. The van der Waals surface area contributed by atoms with E-state index < -0.39 is 5.60 Å². The van der Waals surface area contributed by atoms with Gasteiger partial charge in [0.2, 0.25) is 0 Å². The van der Waals surface area contributed by atoms with Gasteiger partial charge in [-0.1, -0.05) is 42.0 Å². The monoisotopic (exact) mass is 393 g/mol. The fraction of sp³-hybridized carbons (Fsp3) is 0.480. The van der Waals surface area contributed by atoms with E-state index in [1.165, 1.54) is 5.56 Å². The van der Waals surface area contributed by atoms with Crippen LogP contribution in [0.15, 0.2) is 48.5 Å². The van der Waals surface area contributed by atoms with Gasteiger partial charge in [0.15, 0.2) is 5.78 Å². The van der Waals surface area contributed by atoms with Gasteiger partial charge >= 0.3 is 0 Å². The molecule has 0 spiro atoms. The van der Waals surface area contributed by atoms with Gasteiger partial charge in [0, 0.05) is 24.1 Å². The van der Waals surface area contributed by atoms with Crippen molar-refractivity contribution in [1.82, 2.24) is 4.90 Å². The SMILES string of the molecule is COc1ccc(C2(O)C[C@H]3CC[C@H](C2)N3CCCC(=O)c2ccc(C)cc2)cc1. The molecule has 1 N–H and O–H groups in total. The Bertz CT molecular complexity index is 829. The maximum absolute atomic E-state index is 12.4. The van der Waals surface area contributed by atoms with Crippen molar-refractivity contribution in [3.05, 3.63) is 65.2 Å². The van der Waals surface area contributed by atoms with Crippen LogP contribution in [-0.2, 0) is 5.60 Å². The molecule has 2 aromatic carbocycles. The smallest absolute Gasteiger partial charge is 0.162 e. The largest absolute Gasteiger partial charge is 0.497 e. The van der Waals surface area contributed by atoms with Crippen LogP contribution in [-0.4, -0.2) is 41.5 Å². The molecule has 29 heavy (non-hydrogen) atoms. The molecule has 2 aliphatic heterocycles. The number of ether oxygens (including phenoxy) is 1. The second kappa shape index (κ2) is 8.29. The van der Waals surface area contributed by atoms with Crippen LogP contribution >= 0.6 is 0 Å². The van der Waals surface area contributed by atoms with E-state index in [2.05, 4.69) is 4.90 Å². The molecule has 154 valence electrons. The topological polar surface area (TPSA) is 49.8 Å². The number of carbonyl (C=O) groups excluding carboxylic acids is 1. The van der Waals surface area contributed by atoms with Crippen LogP contribution in [0.25, 0.3) is 0 Å². The van der Waals surface area contributed by atoms with E-state index >= 15 is 0 Å². The fourth-order valence-electron chi connectivity index (χ4n) is 5.12. The quantitative estimate of drug-likeness (QED) is 0.705. The molecule has 0 amide bonds. The number of aryl methyl sites for hydroxylation is 1. The average molecular weight is 394 g/mol. The van der Waals surface area contributed by atoms with Crippen LogP contribution in [0.5, 0.6) is 5.75 Å². The van der Waals surface area contributed by atoms with Crippen LogP contribution in [0, 0.1) is 6.92 Å². The summed E-state index contributed by atoms with van der Waals surface area (Å²) in [6, 6.07) is 16.5. The number of rotatable bonds is 7. The highest BCUT2D eigenvalue weighted by Crippen LogP contribution is 2.45. The van der Waals surface area contributed by atoms with Crippen molar-refractivity contribution >= 4 is 5.78 Å². The Morgan fingerprint density at radius 2 is 1.69 bits per heavy atom. The lowest BCUT2D eigenvalue weighted by Gasteiger charge is -2.44. The maximum Gasteiger partial charge on any atom is 0.162 e. The summed E-state index contributed by atoms with van der Waals surface area (Å²) in [6.07, 6.45) is 5.26. The van der Waals surface area contributed by atoms with E-state index in [4.69, 9.17) is 4.74 Å². The van der Waals surface area contributed by atoms with E-state index in [0.29, 0.717) is 18.5 Å². The first kappa shape index (κ1) is 20.1. The van der Waals surface area contributed by atoms with Crippen LogP contribution in [0.4, 0.5) is 0 Å². The molecule has 4 rings (SSSR count). The van der Waals surface area contributed by atoms with Gasteiger partial charge < -0.3 is 9.84 Å². The average Bonchev–Trinajstić information content (AvgIpc) is 2.98. The predicted molar refractivity (Wildman–Crippen MR) is 114 cm³/mol. The van der Waals surface area contributed by atoms with Gasteiger partial charge in [-0.25, -0.2) is 0 Å². The lowest BCUT2D eigenvalue weighted by Crippen LogP contribution is -2.49. The van der Waals surface area contributed by atoms with Crippen molar-refractivity contribution in [2.75, 3.05) is 13.7 Å². The number of aliphatic hydroxyl groups is 1. The molecule has 4 heteroatoms. The minimum Gasteiger partial charge on any atom is -0.497 e. The third-order valence-corrected chi connectivity index (χ3v) is 6.74. The molecule has 0 aliphatic carbocycles. The Morgan fingerprint density at radius 3 is 2.28 bits per heavy atom. The summed E-state index contributed by atoms with van der Waals surface area (Å²) in [6.45, 7) is 2.97. The molecule has 0 radical (unpaired) electrons. The third-order valence-electron chi connectivity index (χ3n) is 6.74. The molecule has 0 aromatic heterocycles. The zero-order valence-electron chi connectivity index (χ0n) is 17.4. The van der Waals surface area contributed by atoms with E-state index in [1.54, 1.807) is 7.11 Å². The van der Waals surface area contributed by atoms with Gasteiger partial charge in [0.05, 0.1) is 12.7 Å². The molecule has 2 heterocycles. The molecule has 4 nitrogen and oxygen atoms in total. The zero-order chi connectivity index (χ0) is 20.4. The zero-order valence-corrected chi connectivity index (χ0v) is 17.4. The maximum atomic E-state index is 12.4. The minimum absolute atomic E-state index is 0.226. The molecule has 0 saturated carbocycles. The highest BCUT2D eigenvalue weighted by atomic mass is 16.5. The first-order chi connectivity index (χ1) is 14.0.